The monoisotopic (exact) mass is 270 g/mol. The molecule has 1 aliphatic heterocycles. The van der Waals surface area contributed by atoms with Crippen molar-refractivity contribution in [3.63, 3.8) is 0 Å². The molecular weight excluding hydrogens is 252 g/mol. The molecule has 0 spiro atoms. The zero-order valence-corrected chi connectivity index (χ0v) is 11.5. The third-order valence-corrected chi connectivity index (χ3v) is 3.61. The first-order valence-electron chi connectivity index (χ1n) is 6.86. The highest BCUT2D eigenvalue weighted by Crippen LogP contribution is 2.33. The van der Waals surface area contributed by atoms with Crippen LogP contribution in [0, 0.1) is 0 Å². The number of ether oxygens (including phenoxy) is 2. The highest BCUT2D eigenvalue weighted by atomic mass is 16.5. The molecule has 2 atom stereocenters. The van der Waals surface area contributed by atoms with Gasteiger partial charge in [-0.15, -0.1) is 0 Å². The fraction of sp³-hybridized carbons (Fsp3) is 0.294. The summed E-state index contributed by atoms with van der Waals surface area (Å²) in [5.41, 5.74) is 2.11. The summed E-state index contributed by atoms with van der Waals surface area (Å²) in [6, 6.07) is 15.7. The second-order valence-electron chi connectivity index (χ2n) is 5.10. The van der Waals surface area contributed by atoms with Gasteiger partial charge in [-0.3, -0.25) is 0 Å². The lowest BCUT2D eigenvalue weighted by atomic mass is 10.0. The SMILES string of the molecule is C[C@@H](O)c1ccc(OCC2COc3ccccc32)cc1. The van der Waals surface area contributed by atoms with E-state index in [1.807, 2.05) is 42.5 Å². The standard InChI is InChI=1S/C17H18O3/c1-12(18)13-6-8-15(9-7-13)19-10-14-11-20-17-5-3-2-4-16(14)17/h2-9,12,14,18H,10-11H2,1H3/t12-,14?/m1/s1. The van der Waals surface area contributed by atoms with E-state index < -0.39 is 6.10 Å². The van der Waals surface area contributed by atoms with Crippen molar-refractivity contribution >= 4 is 0 Å². The average molecular weight is 270 g/mol. The van der Waals surface area contributed by atoms with Crippen molar-refractivity contribution in [3.05, 3.63) is 59.7 Å². The minimum Gasteiger partial charge on any atom is -0.493 e. The smallest absolute Gasteiger partial charge is 0.123 e. The minimum absolute atomic E-state index is 0.280. The van der Waals surface area contributed by atoms with Crippen LogP contribution in [-0.2, 0) is 0 Å². The Morgan fingerprint density at radius 1 is 1.20 bits per heavy atom. The largest absolute Gasteiger partial charge is 0.493 e. The van der Waals surface area contributed by atoms with Gasteiger partial charge in [-0.05, 0) is 30.7 Å². The predicted octanol–water partition coefficient (Wildman–Crippen LogP) is 3.29. The number of aliphatic hydroxyl groups excluding tert-OH is 1. The molecule has 3 nitrogen and oxygen atoms in total. The molecule has 1 N–H and O–H groups in total. The maximum atomic E-state index is 9.47. The number of hydrogen-bond donors (Lipinski definition) is 1. The first kappa shape index (κ1) is 13.0. The van der Waals surface area contributed by atoms with Crippen LogP contribution in [0.15, 0.2) is 48.5 Å². The molecule has 1 heterocycles. The summed E-state index contributed by atoms with van der Waals surface area (Å²) in [5.74, 6) is 2.06. The quantitative estimate of drug-likeness (QED) is 0.926. The van der Waals surface area contributed by atoms with Crippen molar-refractivity contribution < 1.29 is 14.6 Å². The molecule has 0 radical (unpaired) electrons. The first-order valence-corrected chi connectivity index (χ1v) is 6.86. The van der Waals surface area contributed by atoms with Crippen LogP contribution in [-0.4, -0.2) is 18.3 Å². The number of para-hydroxylation sites is 1. The molecule has 2 aromatic carbocycles. The van der Waals surface area contributed by atoms with E-state index >= 15 is 0 Å². The lowest BCUT2D eigenvalue weighted by molar-refractivity contribution is 0.199. The molecule has 3 heteroatoms. The van der Waals surface area contributed by atoms with Crippen LogP contribution in [0.1, 0.15) is 30.1 Å². The van der Waals surface area contributed by atoms with E-state index in [1.54, 1.807) is 6.92 Å². The lowest BCUT2D eigenvalue weighted by Crippen LogP contribution is -2.11. The molecular formula is C17H18O3. The van der Waals surface area contributed by atoms with Crippen molar-refractivity contribution in [2.45, 2.75) is 18.9 Å². The average Bonchev–Trinajstić information content (AvgIpc) is 2.89. The number of fused-ring (bicyclic) bond motifs is 1. The van der Waals surface area contributed by atoms with E-state index in [0.29, 0.717) is 13.2 Å². The Balaban J connectivity index is 1.63. The van der Waals surface area contributed by atoms with Crippen molar-refractivity contribution in [3.8, 4) is 11.5 Å². The second kappa shape index (κ2) is 5.55. The van der Waals surface area contributed by atoms with Gasteiger partial charge in [-0.1, -0.05) is 30.3 Å². The van der Waals surface area contributed by atoms with Crippen LogP contribution >= 0.6 is 0 Å². The molecule has 0 aromatic heterocycles. The maximum Gasteiger partial charge on any atom is 0.123 e. The number of rotatable bonds is 4. The van der Waals surface area contributed by atoms with E-state index in [9.17, 15) is 5.11 Å². The minimum atomic E-state index is -0.445. The Bertz CT molecular complexity index is 575. The molecule has 0 aliphatic carbocycles. The Labute approximate surface area is 118 Å². The molecule has 1 aliphatic rings. The Kier molecular flexibility index (Phi) is 3.61. The Morgan fingerprint density at radius 2 is 1.95 bits per heavy atom. The highest BCUT2D eigenvalue weighted by Gasteiger charge is 2.24. The second-order valence-corrected chi connectivity index (χ2v) is 5.10. The van der Waals surface area contributed by atoms with Crippen LogP contribution in [0.3, 0.4) is 0 Å². The van der Waals surface area contributed by atoms with Gasteiger partial charge < -0.3 is 14.6 Å². The normalized spacial score (nSPS) is 18.2. The van der Waals surface area contributed by atoms with Crippen molar-refractivity contribution in [2.75, 3.05) is 13.2 Å². The summed E-state index contributed by atoms with van der Waals surface area (Å²) in [7, 11) is 0. The summed E-state index contributed by atoms with van der Waals surface area (Å²) >= 11 is 0. The molecule has 0 saturated carbocycles. The van der Waals surface area contributed by atoms with Gasteiger partial charge in [0.05, 0.1) is 25.2 Å². The van der Waals surface area contributed by atoms with Gasteiger partial charge in [0.1, 0.15) is 11.5 Å². The highest BCUT2D eigenvalue weighted by molar-refractivity contribution is 5.39. The van der Waals surface area contributed by atoms with E-state index in [0.717, 1.165) is 17.1 Å². The van der Waals surface area contributed by atoms with E-state index in [-0.39, 0.29) is 5.92 Å². The molecule has 20 heavy (non-hydrogen) atoms. The first-order chi connectivity index (χ1) is 9.74. The van der Waals surface area contributed by atoms with Crippen LogP contribution in [0.2, 0.25) is 0 Å². The van der Waals surface area contributed by atoms with Gasteiger partial charge in [-0.25, -0.2) is 0 Å². The van der Waals surface area contributed by atoms with Gasteiger partial charge in [0.25, 0.3) is 0 Å². The summed E-state index contributed by atoms with van der Waals surface area (Å²) in [6.45, 7) is 3.03. The molecule has 3 rings (SSSR count). The third-order valence-electron chi connectivity index (χ3n) is 3.61. The van der Waals surface area contributed by atoms with E-state index in [4.69, 9.17) is 9.47 Å². The van der Waals surface area contributed by atoms with Gasteiger partial charge in [0.2, 0.25) is 0 Å². The van der Waals surface area contributed by atoms with Crippen LogP contribution in [0.25, 0.3) is 0 Å². The van der Waals surface area contributed by atoms with Crippen LogP contribution in [0.4, 0.5) is 0 Å². The Hall–Kier alpha value is -2.00. The third kappa shape index (κ3) is 2.63. The number of benzene rings is 2. The zero-order chi connectivity index (χ0) is 13.9. The molecule has 0 saturated heterocycles. The van der Waals surface area contributed by atoms with Gasteiger partial charge in [-0.2, -0.15) is 0 Å². The van der Waals surface area contributed by atoms with Crippen molar-refractivity contribution in [1.29, 1.82) is 0 Å². The maximum absolute atomic E-state index is 9.47. The molecule has 1 unspecified atom stereocenters. The lowest BCUT2D eigenvalue weighted by Gasteiger charge is -2.12. The Morgan fingerprint density at radius 3 is 2.70 bits per heavy atom. The topological polar surface area (TPSA) is 38.7 Å². The number of hydrogen-bond acceptors (Lipinski definition) is 3. The van der Waals surface area contributed by atoms with Crippen LogP contribution < -0.4 is 9.47 Å². The fourth-order valence-corrected chi connectivity index (χ4v) is 2.41. The van der Waals surface area contributed by atoms with E-state index in [2.05, 4.69) is 6.07 Å². The van der Waals surface area contributed by atoms with Crippen LogP contribution in [0.5, 0.6) is 11.5 Å². The van der Waals surface area contributed by atoms with E-state index in [1.165, 1.54) is 5.56 Å². The predicted molar refractivity (Wildman–Crippen MR) is 77.2 cm³/mol. The van der Waals surface area contributed by atoms with Crippen molar-refractivity contribution in [2.24, 2.45) is 0 Å². The van der Waals surface area contributed by atoms with Gasteiger partial charge >= 0.3 is 0 Å². The van der Waals surface area contributed by atoms with Gasteiger partial charge in [0, 0.05) is 5.56 Å². The molecule has 104 valence electrons. The summed E-state index contributed by atoms with van der Waals surface area (Å²) < 4.78 is 11.5. The van der Waals surface area contributed by atoms with Crippen molar-refractivity contribution in [1.82, 2.24) is 0 Å². The molecule has 0 amide bonds. The summed E-state index contributed by atoms with van der Waals surface area (Å²) in [6.07, 6.45) is -0.445. The summed E-state index contributed by atoms with van der Waals surface area (Å²) in [4.78, 5) is 0. The molecule has 2 aromatic rings. The summed E-state index contributed by atoms with van der Waals surface area (Å²) in [5, 5.41) is 9.47. The van der Waals surface area contributed by atoms with Gasteiger partial charge in [0.15, 0.2) is 0 Å². The number of aliphatic hydroxyl groups is 1. The zero-order valence-electron chi connectivity index (χ0n) is 11.5. The fourth-order valence-electron chi connectivity index (χ4n) is 2.41. The molecule has 0 fully saturated rings. The molecule has 0 bridgehead atoms.